The van der Waals surface area contributed by atoms with Crippen LogP contribution in [0.15, 0.2) is 30.6 Å². The molecule has 1 atom stereocenters. The van der Waals surface area contributed by atoms with Crippen molar-refractivity contribution in [3.8, 4) is 5.88 Å². The summed E-state index contributed by atoms with van der Waals surface area (Å²) in [7, 11) is 0. The predicted octanol–water partition coefficient (Wildman–Crippen LogP) is 3.66. The second-order valence-corrected chi connectivity index (χ2v) is 6.74. The van der Waals surface area contributed by atoms with Crippen molar-refractivity contribution in [3.05, 3.63) is 53.0 Å². The van der Waals surface area contributed by atoms with E-state index >= 15 is 0 Å². The van der Waals surface area contributed by atoms with Crippen molar-refractivity contribution in [1.29, 1.82) is 0 Å². The molecular formula is C19H22N2O3. The van der Waals surface area contributed by atoms with Crippen molar-refractivity contribution in [2.24, 2.45) is 5.41 Å². The summed E-state index contributed by atoms with van der Waals surface area (Å²) in [4.78, 5) is 21.1. The second-order valence-electron chi connectivity index (χ2n) is 6.74. The summed E-state index contributed by atoms with van der Waals surface area (Å²) < 4.78 is 11.4. The minimum absolute atomic E-state index is 0.131. The molecule has 0 saturated heterocycles. The van der Waals surface area contributed by atoms with Crippen molar-refractivity contribution in [1.82, 2.24) is 9.97 Å². The first-order chi connectivity index (χ1) is 11.4. The Kier molecular flexibility index (Phi) is 4.26. The average Bonchev–Trinajstić information content (AvgIpc) is 2.78. The molecule has 3 rings (SSSR count). The van der Waals surface area contributed by atoms with Gasteiger partial charge in [0.1, 0.15) is 11.7 Å². The maximum absolute atomic E-state index is 12.3. The minimum atomic E-state index is -0.407. The van der Waals surface area contributed by atoms with Crippen LogP contribution in [0.5, 0.6) is 5.88 Å². The molecule has 24 heavy (non-hydrogen) atoms. The highest BCUT2D eigenvalue weighted by molar-refractivity contribution is 5.93. The van der Waals surface area contributed by atoms with Crippen molar-refractivity contribution < 1.29 is 14.3 Å². The Hall–Kier alpha value is -2.43. The maximum Gasteiger partial charge on any atom is 0.343 e. The molecule has 0 spiro atoms. The fourth-order valence-electron chi connectivity index (χ4n) is 3.19. The quantitative estimate of drug-likeness (QED) is 0.802. The van der Waals surface area contributed by atoms with Crippen LogP contribution in [0.2, 0.25) is 0 Å². The third-order valence-electron chi connectivity index (χ3n) is 4.36. The van der Waals surface area contributed by atoms with Crippen LogP contribution in [-0.4, -0.2) is 22.5 Å². The molecule has 0 aliphatic heterocycles. The lowest BCUT2D eigenvalue weighted by molar-refractivity contribution is 0.0493. The van der Waals surface area contributed by atoms with E-state index in [0.29, 0.717) is 18.1 Å². The number of rotatable bonds is 4. The molecule has 0 aromatic carbocycles. The van der Waals surface area contributed by atoms with E-state index in [1.54, 1.807) is 25.4 Å². The summed E-state index contributed by atoms with van der Waals surface area (Å²) in [5, 5.41) is 0. The van der Waals surface area contributed by atoms with Gasteiger partial charge in [0.15, 0.2) is 0 Å². The molecule has 2 aromatic heterocycles. The highest BCUT2D eigenvalue weighted by atomic mass is 16.5. The first-order valence-corrected chi connectivity index (χ1v) is 8.17. The van der Waals surface area contributed by atoms with Crippen molar-refractivity contribution >= 4 is 5.97 Å². The highest BCUT2D eigenvalue weighted by Gasteiger charge is 2.42. The topological polar surface area (TPSA) is 61.3 Å². The van der Waals surface area contributed by atoms with Gasteiger partial charge in [-0.1, -0.05) is 19.9 Å². The van der Waals surface area contributed by atoms with Crippen LogP contribution in [0.25, 0.3) is 0 Å². The lowest BCUT2D eigenvalue weighted by Gasteiger charge is -2.27. The third-order valence-corrected chi connectivity index (χ3v) is 4.36. The van der Waals surface area contributed by atoms with Crippen molar-refractivity contribution in [2.75, 3.05) is 6.61 Å². The highest BCUT2D eigenvalue weighted by Crippen LogP contribution is 2.46. The Morgan fingerprint density at radius 2 is 2.08 bits per heavy atom. The molecule has 0 amide bonds. The summed E-state index contributed by atoms with van der Waals surface area (Å²) in [5.74, 6) is -0.0971. The van der Waals surface area contributed by atoms with Gasteiger partial charge in [-0.3, -0.25) is 4.98 Å². The molecule has 0 radical (unpaired) electrons. The van der Waals surface area contributed by atoms with Crippen LogP contribution in [-0.2, 0) is 11.2 Å². The zero-order valence-electron chi connectivity index (χ0n) is 14.5. The summed E-state index contributed by atoms with van der Waals surface area (Å²) in [5.41, 5.74) is 3.14. The van der Waals surface area contributed by atoms with Gasteiger partial charge >= 0.3 is 5.97 Å². The molecule has 5 heteroatoms. The smallest absolute Gasteiger partial charge is 0.343 e. The number of carbonyl (C=O) groups excluding carboxylic acids is 1. The standard InChI is InChI=1S/C19H22N2O3/c1-5-23-18(22)14-12(2)8-10-21-17(14)24-16-15-13(7-6-9-20-15)11-19(16,3)4/h6-10,16H,5,11H2,1-4H3. The first-order valence-electron chi connectivity index (χ1n) is 8.17. The zero-order valence-corrected chi connectivity index (χ0v) is 14.5. The molecule has 2 heterocycles. The number of esters is 1. The van der Waals surface area contributed by atoms with Crippen LogP contribution in [0, 0.1) is 12.3 Å². The lowest BCUT2D eigenvalue weighted by Crippen LogP contribution is -2.24. The number of fused-ring (bicyclic) bond motifs is 1. The Bertz CT molecular complexity index is 771. The molecule has 0 bridgehead atoms. The van der Waals surface area contributed by atoms with Crippen molar-refractivity contribution in [3.63, 3.8) is 0 Å². The van der Waals surface area contributed by atoms with Gasteiger partial charge < -0.3 is 9.47 Å². The van der Waals surface area contributed by atoms with Gasteiger partial charge in [-0.05, 0) is 43.5 Å². The Labute approximate surface area is 142 Å². The largest absolute Gasteiger partial charge is 0.467 e. The van der Waals surface area contributed by atoms with E-state index in [-0.39, 0.29) is 11.5 Å². The number of ether oxygens (including phenoxy) is 2. The minimum Gasteiger partial charge on any atom is -0.467 e. The van der Waals surface area contributed by atoms with Gasteiger partial charge in [0, 0.05) is 17.8 Å². The normalized spacial score (nSPS) is 18.1. The molecule has 1 unspecified atom stereocenters. The number of aryl methyl sites for hydroxylation is 1. The summed E-state index contributed by atoms with van der Waals surface area (Å²) in [6.45, 7) is 8.22. The molecule has 2 aromatic rings. The SMILES string of the molecule is CCOC(=O)c1c(C)ccnc1OC1c2ncccc2CC1(C)C. The molecule has 0 fully saturated rings. The summed E-state index contributed by atoms with van der Waals surface area (Å²) in [6.07, 6.45) is 4.04. The van der Waals surface area contributed by atoms with Gasteiger partial charge in [-0.15, -0.1) is 0 Å². The molecular weight excluding hydrogens is 304 g/mol. The summed E-state index contributed by atoms with van der Waals surface area (Å²) in [6, 6.07) is 5.79. The number of hydrogen-bond donors (Lipinski definition) is 0. The van der Waals surface area contributed by atoms with Crippen LogP contribution >= 0.6 is 0 Å². The van der Waals surface area contributed by atoms with E-state index in [4.69, 9.17) is 9.47 Å². The number of pyridine rings is 2. The van der Waals surface area contributed by atoms with E-state index in [1.165, 1.54) is 5.56 Å². The van der Waals surface area contributed by atoms with E-state index in [9.17, 15) is 4.79 Å². The van der Waals surface area contributed by atoms with E-state index in [1.807, 2.05) is 13.0 Å². The fourth-order valence-corrected chi connectivity index (χ4v) is 3.19. The van der Waals surface area contributed by atoms with E-state index in [2.05, 4.69) is 29.9 Å². The van der Waals surface area contributed by atoms with Crippen molar-refractivity contribution in [2.45, 2.75) is 40.2 Å². The molecule has 1 aliphatic carbocycles. The number of hydrogen-bond acceptors (Lipinski definition) is 5. The van der Waals surface area contributed by atoms with E-state index in [0.717, 1.165) is 17.7 Å². The van der Waals surface area contributed by atoms with Gasteiger partial charge in [0.2, 0.25) is 5.88 Å². The number of nitrogens with zero attached hydrogens (tertiary/aromatic N) is 2. The lowest BCUT2D eigenvalue weighted by atomic mass is 9.88. The van der Waals surface area contributed by atoms with Gasteiger partial charge in [-0.25, -0.2) is 9.78 Å². The third kappa shape index (κ3) is 2.86. The van der Waals surface area contributed by atoms with Gasteiger partial charge in [-0.2, -0.15) is 0 Å². The number of aromatic nitrogens is 2. The molecule has 1 aliphatic rings. The molecule has 126 valence electrons. The molecule has 5 nitrogen and oxygen atoms in total. The zero-order chi connectivity index (χ0) is 17.3. The number of carbonyl (C=O) groups is 1. The maximum atomic E-state index is 12.3. The Morgan fingerprint density at radius 3 is 2.83 bits per heavy atom. The monoisotopic (exact) mass is 326 g/mol. The Balaban J connectivity index is 2.00. The molecule has 0 saturated carbocycles. The van der Waals surface area contributed by atoms with Crippen LogP contribution in [0.4, 0.5) is 0 Å². The average molecular weight is 326 g/mol. The Morgan fingerprint density at radius 1 is 1.29 bits per heavy atom. The fraction of sp³-hybridized carbons (Fsp3) is 0.421. The summed E-state index contributed by atoms with van der Waals surface area (Å²) >= 11 is 0. The molecule has 0 N–H and O–H groups in total. The van der Waals surface area contributed by atoms with Crippen LogP contribution in [0.1, 0.15) is 54.1 Å². The van der Waals surface area contributed by atoms with Gasteiger partial charge in [0.05, 0.1) is 12.3 Å². The second kappa shape index (κ2) is 6.23. The van der Waals surface area contributed by atoms with Crippen LogP contribution in [0.3, 0.4) is 0 Å². The first kappa shape index (κ1) is 16.4. The van der Waals surface area contributed by atoms with Crippen LogP contribution < -0.4 is 4.74 Å². The van der Waals surface area contributed by atoms with Gasteiger partial charge in [0.25, 0.3) is 0 Å². The van der Waals surface area contributed by atoms with E-state index < -0.39 is 5.97 Å². The predicted molar refractivity (Wildman–Crippen MR) is 90.0 cm³/mol.